The molecule has 1 aromatic carbocycles. The van der Waals surface area contributed by atoms with Gasteiger partial charge in [0.15, 0.2) is 0 Å². The van der Waals surface area contributed by atoms with Crippen LogP contribution in [0.15, 0.2) is 23.6 Å². The average Bonchev–Trinajstić information content (AvgIpc) is 2.72. The van der Waals surface area contributed by atoms with Crippen molar-refractivity contribution >= 4 is 11.3 Å². The normalized spacial score (nSPS) is 12.4. The summed E-state index contributed by atoms with van der Waals surface area (Å²) in [6.07, 6.45) is -0.696. The number of rotatable bonds is 4. The Morgan fingerprint density at radius 2 is 2.28 bits per heavy atom. The molecule has 1 N–H and O–H groups in total. The Labute approximate surface area is 109 Å². The van der Waals surface area contributed by atoms with E-state index in [4.69, 9.17) is 4.74 Å². The molecule has 1 atom stereocenters. The summed E-state index contributed by atoms with van der Waals surface area (Å²) in [4.78, 5) is 4.26. The van der Waals surface area contributed by atoms with Crippen LogP contribution in [0.25, 0.3) is 0 Å². The van der Waals surface area contributed by atoms with E-state index >= 15 is 0 Å². The van der Waals surface area contributed by atoms with Crippen LogP contribution in [0.3, 0.4) is 0 Å². The van der Waals surface area contributed by atoms with Crippen molar-refractivity contribution in [1.82, 2.24) is 4.98 Å². The van der Waals surface area contributed by atoms with Gasteiger partial charge in [-0.1, -0.05) is 0 Å². The molecule has 1 aromatic heterocycles. The monoisotopic (exact) mass is 267 g/mol. The molecule has 3 nitrogen and oxygen atoms in total. The molecule has 0 aliphatic heterocycles. The molecule has 0 saturated carbocycles. The van der Waals surface area contributed by atoms with Gasteiger partial charge in [0.25, 0.3) is 0 Å². The van der Waals surface area contributed by atoms with E-state index in [1.54, 1.807) is 6.92 Å². The first-order chi connectivity index (χ1) is 8.56. The fourth-order valence-electron chi connectivity index (χ4n) is 1.59. The van der Waals surface area contributed by atoms with Crippen molar-refractivity contribution in [3.8, 4) is 5.75 Å². The molecular formula is C13H14FNO2S. The van der Waals surface area contributed by atoms with E-state index < -0.39 is 6.10 Å². The SMILES string of the molecule is Cc1csc(COc2cc(F)ccc2[C@H](C)O)n1. The van der Waals surface area contributed by atoms with Gasteiger partial charge in [-0.2, -0.15) is 0 Å². The highest BCUT2D eigenvalue weighted by Crippen LogP contribution is 2.27. The lowest BCUT2D eigenvalue weighted by Gasteiger charge is -2.12. The van der Waals surface area contributed by atoms with Gasteiger partial charge in [0.05, 0.1) is 6.10 Å². The van der Waals surface area contributed by atoms with Crippen LogP contribution in [-0.4, -0.2) is 10.1 Å². The number of aliphatic hydroxyl groups excluding tert-OH is 1. The molecule has 2 aromatic rings. The third-order valence-corrected chi connectivity index (χ3v) is 3.38. The van der Waals surface area contributed by atoms with Crippen LogP contribution >= 0.6 is 11.3 Å². The maximum absolute atomic E-state index is 13.2. The first kappa shape index (κ1) is 13.0. The van der Waals surface area contributed by atoms with Crippen LogP contribution in [-0.2, 0) is 6.61 Å². The van der Waals surface area contributed by atoms with E-state index in [-0.39, 0.29) is 12.4 Å². The number of hydrogen-bond acceptors (Lipinski definition) is 4. The molecule has 0 aliphatic carbocycles. The Morgan fingerprint density at radius 3 is 2.89 bits per heavy atom. The molecule has 0 aliphatic rings. The van der Waals surface area contributed by atoms with Gasteiger partial charge in [0, 0.05) is 22.7 Å². The van der Waals surface area contributed by atoms with Gasteiger partial charge >= 0.3 is 0 Å². The molecule has 18 heavy (non-hydrogen) atoms. The summed E-state index contributed by atoms with van der Waals surface area (Å²) in [5, 5.41) is 12.3. The molecule has 0 bridgehead atoms. The second-order valence-electron chi connectivity index (χ2n) is 4.03. The number of ether oxygens (including phenoxy) is 1. The van der Waals surface area contributed by atoms with E-state index in [1.807, 2.05) is 12.3 Å². The topological polar surface area (TPSA) is 42.4 Å². The molecule has 0 spiro atoms. The summed E-state index contributed by atoms with van der Waals surface area (Å²) in [5.41, 5.74) is 1.51. The molecule has 0 saturated heterocycles. The summed E-state index contributed by atoms with van der Waals surface area (Å²) in [5.74, 6) is -0.0254. The van der Waals surface area contributed by atoms with E-state index in [9.17, 15) is 9.50 Å². The van der Waals surface area contributed by atoms with Crippen molar-refractivity contribution in [1.29, 1.82) is 0 Å². The number of halogens is 1. The highest BCUT2D eigenvalue weighted by Gasteiger charge is 2.11. The lowest BCUT2D eigenvalue weighted by Crippen LogP contribution is -2.01. The minimum atomic E-state index is -0.696. The van der Waals surface area contributed by atoms with Gasteiger partial charge in [-0.25, -0.2) is 9.37 Å². The smallest absolute Gasteiger partial charge is 0.140 e. The van der Waals surface area contributed by atoms with Crippen molar-refractivity contribution in [2.75, 3.05) is 0 Å². The van der Waals surface area contributed by atoms with Gasteiger partial charge in [0.1, 0.15) is 23.2 Å². The van der Waals surface area contributed by atoms with Crippen molar-refractivity contribution < 1.29 is 14.2 Å². The Kier molecular flexibility index (Phi) is 3.93. The number of hydrogen-bond donors (Lipinski definition) is 1. The number of benzene rings is 1. The van der Waals surface area contributed by atoms with Crippen LogP contribution in [0.1, 0.15) is 29.3 Å². The average molecular weight is 267 g/mol. The fraction of sp³-hybridized carbons (Fsp3) is 0.308. The number of aromatic nitrogens is 1. The van der Waals surface area contributed by atoms with Gasteiger partial charge < -0.3 is 9.84 Å². The van der Waals surface area contributed by atoms with Gasteiger partial charge in [0.2, 0.25) is 0 Å². The van der Waals surface area contributed by atoms with Crippen LogP contribution < -0.4 is 4.74 Å². The third kappa shape index (κ3) is 3.05. The van der Waals surface area contributed by atoms with Gasteiger partial charge in [-0.15, -0.1) is 11.3 Å². The number of aliphatic hydroxyl groups is 1. The van der Waals surface area contributed by atoms with Gasteiger partial charge in [-0.05, 0) is 26.0 Å². The first-order valence-corrected chi connectivity index (χ1v) is 6.45. The second-order valence-corrected chi connectivity index (χ2v) is 4.97. The van der Waals surface area contributed by atoms with E-state index in [0.29, 0.717) is 11.3 Å². The molecule has 1 heterocycles. The van der Waals surface area contributed by atoms with E-state index in [2.05, 4.69) is 4.98 Å². The van der Waals surface area contributed by atoms with Crippen molar-refractivity contribution in [2.45, 2.75) is 26.6 Å². The zero-order chi connectivity index (χ0) is 13.1. The first-order valence-electron chi connectivity index (χ1n) is 5.57. The minimum absolute atomic E-state index is 0.279. The lowest BCUT2D eigenvalue weighted by atomic mass is 10.1. The summed E-state index contributed by atoms with van der Waals surface area (Å²) >= 11 is 1.49. The van der Waals surface area contributed by atoms with Crippen LogP contribution in [0.5, 0.6) is 5.75 Å². The summed E-state index contributed by atoms with van der Waals surface area (Å²) in [6, 6.07) is 4.12. The number of nitrogens with zero attached hydrogens (tertiary/aromatic N) is 1. The quantitative estimate of drug-likeness (QED) is 0.924. The third-order valence-electron chi connectivity index (χ3n) is 2.44. The molecule has 96 valence electrons. The molecule has 5 heteroatoms. The molecule has 0 amide bonds. The zero-order valence-corrected chi connectivity index (χ0v) is 11.0. The lowest BCUT2D eigenvalue weighted by molar-refractivity contribution is 0.189. The highest BCUT2D eigenvalue weighted by atomic mass is 32.1. The van der Waals surface area contributed by atoms with Gasteiger partial charge in [-0.3, -0.25) is 0 Å². The fourth-order valence-corrected chi connectivity index (χ4v) is 2.27. The number of aryl methyl sites for hydroxylation is 1. The predicted octanol–water partition coefficient (Wildman–Crippen LogP) is 3.22. The van der Waals surface area contributed by atoms with Crippen LogP contribution in [0.2, 0.25) is 0 Å². The highest BCUT2D eigenvalue weighted by molar-refractivity contribution is 7.09. The number of thiazole rings is 1. The maximum atomic E-state index is 13.2. The molecule has 2 rings (SSSR count). The zero-order valence-electron chi connectivity index (χ0n) is 10.2. The predicted molar refractivity (Wildman–Crippen MR) is 68.2 cm³/mol. The Balaban J connectivity index is 2.15. The molecule has 0 unspecified atom stereocenters. The van der Waals surface area contributed by atoms with Crippen molar-refractivity contribution in [2.24, 2.45) is 0 Å². The van der Waals surface area contributed by atoms with Crippen LogP contribution in [0.4, 0.5) is 4.39 Å². The minimum Gasteiger partial charge on any atom is -0.486 e. The largest absolute Gasteiger partial charge is 0.486 e. The Morgan fingerprint density at radius 1 is 1.50 bits per heavy atom. The van der Waals surface area contributed by atoms with E-state index in [0.717, 1.165) is 10.7 Å². The standard InChI is InChI=1S/C13H14FNO2S/c1-8-7-18-13(15-8)6-17-12-5-10(14)3-4-11(12)9(2)16/h3-5,7,9,16H,6H2,1-2H3/t9-/m0/s1. The molecule has 0 radical (unpaired) electrons. The molecular weight excluding hydrogens is 253 g/mol. The Hall–Kier alpha value is -1.46. The summed E-state index contributed by atoms with van der Waals surface area (Å²) in [7, 11) is 0. The van der Waals surface area contributed by atoms with E-state index in [1.165, 1.54) is 29.5 Å². The van der Waals surface area contributed by atoms with Crippen molar-refractivity contribution in [3.63, 3.8) is 0 Å². The van der Waals surface area contributed by atoms with Crippen molar-refractivity contribution in [3.05, 3.63) is 45.7 Å². The Bertz CT molecular complexity index is 540. The summed E-state index contributed by atoms with van der Waals surface area (Å²) < 4.78 is 18.7. The summed E-state index contributed by atoms with van der Waals surface area (Å²) in [6.45, 7) is 3.80. The van der Waals surface area contributed by atoms with Crippen LogP contribution in [0, 0.1) is 12.7 Å². The molecule has 0 fully saturated rings. The second kappa shape index (κ2) is 5.46. The maximum Gasteiger partial charge on any atom is 0.140 e.